The van der Waals surface area contributed by atoms with Crippen LogP contribution in [0.3, 0.4) is 0 Å². The van der Waals surface area contributed by atoms with Crippen molar-refractivity contribution in [3.05, 3.63) is 150 Å². The second-order valence-electron chi connectivity index (χ2n) is 15.9. The average molecular weight is 701 g/mol. The van der Waals surface area contributed by atoms with Gasteiger partial charge in [-0.3, -0.25) is 0 Å². The van der Waals surface area contributed by atoms with E-state index in [0.29, 0.717) is 11.8 Å². The van der Waals surface area contributed by atoms with Crippen LogP contribution in [0.1, 0.15) is 102 Å². The molecule has 0 aliphatic carbocycles. The summed E-state index contributed by atoms with van der Waals surface area (Å²) in [6.45, 7) is 18.9. The molecule has 0 N–H and O–H groups in total. The molecule has 8 rings (SSSR count). The Morgan fingerprint density at radius 2 is 1.38 bits per heavy atom. The Hall–Kier alpha value is -5.16. The molecule has 0 saturated heterocycles. The van der Waals surface area contributed by atoms with Gasteiger partial charge >= 0.3 is 0 Å². The van der Waals surface area contributed by atoms with Crippen molar-refractivity contribution >= 4 is 22.9 Å². The van der Waals surface area contributed by atoms with Crippen molar-refractivity contribution < 1.29 is 4.57 Å². The summed E-state index contributed by atoms with van der Waals surface area (Å²) >= 11 is 0. The smallest absolute Gasteiger partial charge is 0.294 e. The summed E-state index contributed by atoms with van der Waals surface area (Å²) < 4.78 is 5.17. The first-order valence-corrected chi connectivity index (χ1v) is 19.7. The van der Waals surface area contributed by atoms with Gasteiger partial charge in [-0.25, -0.2) is 9.55 Å². The number of fused-ring (bicyclic) bond motifs is 4. The highest BCUT2D eigenvalue weighted by Crippen LogP contribution is 2.54. The maximum absolute atomic E-state index is 5.03. The van der Waals surface area contributed by atoms with E-state index >= 15 is 0 Å². The third-order valence-corrected chi connectivity index (χ3v) is 12.7. The number of imidazole rings is 1. The Kier molecular flexibility index (Phi) is 8.80. The van der Waals surface area contributed by atoms with Gasteiger partial charge in [0.15, 0.2) is 5.82 Å². The van der Waals surface area contributed by atoms with E-state index < -0.39 is 0 Å². The van der Waals surface area contributed by atoms with E-state index in [1.165, 1.54) is 50.7 Å². The Balaban J connectivity index is 1.31. The van der Waals surface area contributed by atoms with E-state index in [1.54, 1.807) is 0 Å². The minimum Gasteiger partial charge on any atom is -0.317 e. The average Bonchev–Trinajstić information content (AvgIpc) is 3.76. The van der Waals surface area contributed by atoms with Crippen molar-refractivity contribution in [3.8, 4) is 17.1 Å². The van der Waals surface area contributed by atoms with Crippen LogP contribution in [0.2, 0.25) is 0 Å². The molecule has 2 aromatic heterocycles. The van der Waals surface area contributed by atoms with Crippen LogP contribution >= 0.6 is 0 Å². The predicted octanol–water partition coefficient (Wildman–Crippen LogP) is 11.7. The number of nitrogens with zero attached hydrogens (tertiary/aromatic N) is 5. The molecular weight excluding hydrogens is 647 g/mol. The summed E-state index contributed by atoms with van der Waals surface area (Å²) in [6.07, 6.45) is 9.60. The fourth-order valence-electron chi connectivity index (χ4n) is 9.86. The van der Waals surface area contributed by atoms with Gasteiger partial charge in [0.1, 0.15) is 29.8 Å². The molecule has 2 aliphatic rings. The normalized spacial score (nSPS) is 20.5. The molecule has 5 nitrogen and oxygen atoms in total. The van der Waals surface area contributed by atoms with Crippen LogP contribution in [0.4, 0.5) is 22.9 Å². The molecule has 0 radical (unpaired) electrons. The highest BCUT2D eigenvalue weighted by atomic mass is 15.4. The molecule has 5 heteroatoms. The molecule has 0 amide bonds. The van der Waals surface area contributed by atoms with Crippen molar-refractivity contribution in [2.24, 2.45) is 0 Å². The van der Waals surface area contributed by atoms with Crippen LogP contribution in [-0.4, -0.2) is 15.7 Å². The number of aromatic nitrogens is 3. The fourth-order valence-corrected chi connectivity index (χ4v) is 9.86. The zero-order valence-electron chi connectivity index (χ0n) is 32.7. The monoisotopic (exact) mass is 700 g/mol. The predicted molar refractivity (Wildman–Crippen MR) is 220 cm³/mol. The first-order valence-electron chi connectivity index (χ1n) is 19.7. The summed E-state index contributed by atoms with van der Waals surface area (Å²) in [6, 6.07) is 40.3. The molecule has 0 bridgehead atoms. The highest BCUT2D eigenvalue weighted by Gasteiger charge is 2.58. The van der Waals surface area contributed by atoms with Crippen molar-refractivity contribution in [2.75, 3.05) is 9.80 Å². The molecule has 3 atom stereocenters. The van der Waals surface area contributed by atoms with Gasteiger partial charge in [0.05, 0.1) is 11.3 Å². The standard InChI is InChI=1S/C48H54N5/c1-9-47(8)48(10-2,32-36-20-14-17-27-42(36)53-35(7)52(37-21-12-11-13-22-37)43-28-19-29-49-45(43)53)41-26-16-15-23-40(41)46-50(30-31-51(46)47)44-38(33(3)4)24-18-25-39(44)34(5)6/h11-31,33-35H,9-10,32H2,1-8H3/q+1. The van der Waals surface area contributed by atoms with E-state index in [9.17, 15) is 0 Å². The molecule has 4 heterocycles. The third kappa shape index (κ3) is 5.18. The van der Waals surface area contributed by atoms with E-state index in [4.69, 9.17) is 4.98 Å². The van der Waals surface area contributed by atoms with Gasteiger partial charge in [0.25, 0.3) is 5.82 Å². The van der Waals surface area contributed by atoms with Gasteiger partial charge in [-0.15, -0.1) is 0 Å². The lowest BCUT2D eigenvalue weighted by atomic mass is 9.57. The Morgan fingerprint density at radius 3 is 2.08 bits per heavy atom. The summed E-state index contributed by atoms with van der Waals surface area (Å²) in [4.78, 5) is 9.91. The van der Waals surface area contributed by atoms with Crippen molar-refractivity contribution in [3.63, 3.8) is 0 Å². The SMILES string of the molecule is CCC1(Cc2ccccc2N2c3ncccc3N(c3ccccc3)C2C)c2ccccc2-c2n(-c3c(C(C)C)cccc3C(C)C)cc[n+]2C1(C)CC. The second kappa shape index (κ2) is 13.4. The van der Waals surface area contributed by atoms with Gasteiger partial charge in [0.2, 0.25) is 0 Å². The third-order valence-electron chi connectivity index (χ3n) is 12.7. The molecule has 0 spiro atoms. The fraction of sp³-hybridized carbons (Fsp3) is 0.333. The maximum Gasteiger partial charge on any atom is 0.294 e. The number of rotatable bonds is 9. The summed E-state index contributed by atoms with van der Waals surface area (Å²) in [7, 11) is 0. The van der Waals surface area contributed by atoms with Gasteiger partial charge in [0, 0.05) is 34.1 Å². The molecule has 53 heavy (non-hydrogen) atoms. The number of para-hydroxylation sites is 3. The van der Waals surface area contributed by atoms with Crippen LogP contribution in [0.5, 0.6) is 0 Å². The summed E-state index contributed by atoms with van der Waals surface area (Å²) in [5.41, 5.74) is 11.4. The van der Waals surface area contributed by atoms with E-state index in [1.807, 2.05) is 6.20 Å². The van der Waals surface area contributed by atoms with E-state index in [-0.39, 0.29) is 17.1 Å². The van der Waals surface area contributed by atoms with Gasteiger partial charge in [-0.2, -0.15) is 4.57 Å². The lowest BCUT2D eigenvalue weighted by Crippen LogP contribution is -2.68. The second-order valence-corrected chi connectivity index (χ2v) is 15.9. The molecule has 4 aromatic carbocycles. The van der Waals surface area contributed by atoms with E-state index in [0.717, 1.165) is 30.8 Å². The topological polar surface area (TPSA) is 28.2 Å². The molecule has 0 fully saturated rings. The van der Waals surface area contributed by atoms with Gasteiger partial charge < -0.3 is 9.80 Å². The van der Waals surface area contributed by atoms with Crippen LogP contribution in [0.15, 0.2) is 128 Å². The van der Waals surface area contributed by atoms with Gasteiger partial charge in [-0.05, 0) is 92.5 Å². The molecule has 2 aliphatic heterocycles. The minimum absolute atomic E-state index is 0.0448. The van der Waals surface area contributed by atoms with E-state index in [2.05, 4.69) is 196 Å². The Bertz CT molecular complexity index is 2240. The first-order chi connectivity index (χ1) is 25.7. The Labute approximate surface area is 316 Å². The number of benzene rings is 4. The molecule has 3 unspecified atom stereocenters. The largest absolute Gasteiger partial charge is 0.317 e. The number of hydrogen-bond acceptors (Lipinski definition) is 3. The Morgan fingerprint density at radius 1 is 0.717 bits per heavy atom. The molecular formula is C48H54N5+. The first kappa shape index (κ1) is 34.9. The van der Waals surface area contributed by atoms with Crippen LogP contribution < -0.4 is 14.4 Å². The van der Waals surface area contributed by atoms with Crippen LogP contribution in [0, 0.1) is 0 Å². The molecule has 270 valence electrons. The zero-order valence-corrected chi connectivity index (χ0v) is 32.7. The van der Waals surface area contributed by atoms with Crippen LogP contribution in [0.25, 0.3) is 17.1 Å². The number of anilines is 4. The van der Waals surface area contributed by atoms with Gasteiger partial charge in [-0.1, -0.05) is 114 Å². The quantitative estimate of drug-likeness (QED) is 0.141. The maximum atomic E-state index is 5.03. The summed E-state index contributed by atoms with van der Waals surface area (Å²) in [5.74, 6) is 3.09. The summed E-state index contributed by atoms with van der Waals surface area (Å²) in [5, 5.41) is 0. The van der Waals surface area contributed by atoms with Crippen molar-refractivity contribution in [1.29, 1.82) is 0 Å². The minimum atomic E-state index is -0.211. The zero-order chi connectivity index (χ0) is 37.1. The van der Waals surface area contributed by atoms with Crippen LogP contribution in [-0.2, 0) is 17.4 Å². The highest BCUT2D eigenvalue weighted by molar-refractivity contribution is 5.86. The molecule has 0 saturated carbocycles. The number of hydrogen-bond donors (Lipinski definition) is 0. The van der Waals surface area contributed by atoms with Crippen molar-refractivity contribution in [2.45, 2.75) is 104 Å². The number of pyridine rings is 1. The molecule has 6 aromatic rings. The van der Waals surface area contributed by atoms with Crippen molar-refractivity contribution in [1.82, 2.24) is 9.55 Å². The lowest BCUT2D eigenvalue weighted by Gasteiger charge is -2.50. The lowest BCUT2D eigenvalue weighted by molar-refractivity contribution is -0.765.